The van der Waals surface area contributed by atoms with Gasteiger partial charge in [-0.3, -0.25) is 0 Å². The Morgan fingerprint density at radius 3 is 2.43 bits per heavy atom. The number of ether oxygens (including phenoxy) is 1. The zero-order chi connectivity index (χ0) is 9.97. The number of hydrogen-bond acceptors (Lipinski definition) is 1. The van der Waals surface area contributed by atoms with E-state index in [1.54, 1.807) is 0 Å². The summed E-state index contributed by atoms with van der Waals surface area (Å²) in [5.41, 5.74) is 1.46. The highest BCUT2D eigenvalue weighted by molar-refractivity contribution is 5.20. The molecule has 1 aromatic rings. The number of rotatable bonds is 4. The van der Waals surface area contributed by atoms with E-state index in [0.29, 0.717) is 17.9 Å². The van der Waals surface area contributed by atoms with E-state index in [1.807, 2.05) is 0 Å². The Morgan fingerprint density at radius 1 is 1.29 bits per heavy atom. The summed E-state index contributed by atoms with van der Waals surface area (Å²) in [4.78, 5) is 0. The van der Waals surface area contributed by atoms with Crippen LogP contribution in [0.25, 0.3) is 0 Å². The molecule has 0 aromatic heterocycles. The van der Waals surface area contributed by atoms with E-state index in [-0.39, 0.29) is 0 Å². The smallest absolute Gasteiger partial charge is 0.0815 e. The van der Waals surface area contributed by atoms with Gasteiger partial charge in [0.05, 0.1) is 12.7 Å². The van der Waals surface area contributed by atoms with E-state index in [9.17, 15) is 0 Å². The van der Waals surface area contributed by atoms with Gasteiger partial charge in [-0.15, -0.1) is 0 Å². The molecule has 1 heteroatoms. The maximum Gasteiger partial charge on any atom is 0.0815 e. The highest BCUT2D eigenvalue weighted by atomic mass is 16.6. The molecule has 1 heterocycles. The Bertz CT molecular complexity index is 275. The molecular weight excluding hydrogens is 172 g/mol. The van der Waals surface area contributed by atoms with Crippen molar-refractivity contribution in [1.82, 2.24) is 0 Å². The van der Waals surface area contributed by atoms with Gasteiger partial charge in [0.2, 0.25) is 0 Å². The van der Waals surface area contributed by atoms with Crippen molar-refractivity contribution in [3.8, 4) is 0 Å². The van der Waals surface area contributed by atoms with Gasteiger partial charge in [-0.05, 0) is 23.8 Å². The number of hydrogen-bond donors (Lipinski definition) is 0. The third-order valence-corrected chi connectivity index (χ3v) is 2.95. The van der Waals surface area contributed by atoms with Crippen molar-refractivity contribution in [3.05, 3.63) is 35.9 Å². The largest absolute Gasteiger partial charge is 0.373 e. The molecule has 0 N–H and O–H groups in total. The van der Waals surface area contributed by atoms with Gasteiger partial charge in [0.25, 0.3) is 0 Å². The lowest BCUT2D eigenvalue weighted by Gasteiger charge is -2.20. The van der Waals surface area contributed by atoms with E-state index in [0.717, 1.165) is 6.61 Å². The monoisotopic (exact) mass is 190 g/mol. The predicted molar refractivity (Wildman–Crippen MR) is 58.4 cm³/mol. The van der Waals surface area contributed by atoms with Crippen molar-refractivity contribution < 1.29 is 4.74 Å². The van der Waals surface area contributed by atoms with Crippen LogP contribution in [0, 0.1) is 5.92 Å². The molecule has 1 aliphatic heterocycles. The standard InChI is InChI=1S/C13H18O/c1-10(2)13(8-12-9-14-12)11-6-4-3-5-7-11/h3-7,10,12-13H,8-9H2,1-2H3. The van der Waals surface area contributed by atoms with Gasteiger partial charge in [-0.1, -0.05) is 44.2 Å². The molecule has 2 unspecified atom stereocenters. The molecule has 2 atom stereocenters. The van der Waals surface area contributed by atoms with Crippen LogP contribution in [0.5, 0.6) is 0 Å². The van der Waals surface area contributed by atoms with E-state index >= 15 is 0 Å². The van der Waals surface area contributed by atoms with Gasteiger partial charge in [0.1, 0.15) is 0 Å². The first-order chi connectivity index (χ1) is 6.77. The van der Waals surface area contributed by atoms with E-state index < -0.39 is 0 Å². The normalized spacial score (nSPS) is 22.4. The predicted octanol–water partition coefficient (Wildman–Crippen LogP) is 3.22. The van der Waals surface area contributed by atoms with Crippen molar-refractivity contribution in [2.45, 2.75) is 32.3 Å². The fraction of sp³-hybridized carbons (Fsp3) is 0.538. The van der Waals surface area contributed by atoms with Gasteiger partial charge in [-0.25, -0.2) is 0 Å². The third-order valence-electron chi connectivity index (χ3n) is 2.95. The highest BCUT2D eigenvalue weighted by Gasteiger charge is 2.28. The zero-order valence-electron chi connectivity index (χ0n) is 8.94. The molecule has 0 radical (unpaired) electrons. The van der Waals surface area contributed by atoms with Crippen molar-refractivity contribution in [3.63, 3.8) is 0 Å². The summed E-state index contributed by atoms with van der Waals surface area (Å²) >= 11 is 0. The molecule has 1 fully saturated rings. The summed E-state index contributed by atoms with van der Waals surface area (Å²) < 4.78 is 5.31. The van der Waals surface area contributed by atoms with Crippen LogP contribution < -0.4 is 0 Å². The summed E-state index contributed by atoms with van der Waals surface area (Å²) in [7, 11) is 0. The molecule has 0 saturated carbocycles. The maximum atomic E-state index is 5.31. The first-order valence-electron chi connectivity index (χ1n) is 5.44. The van der Waals surface area contributed by atoms with Gasteiger partial charge in [0.15, 0.2) is 0 Å². The quantitative estimate of drug-likeness (QED) is 0.664. The van der Waals surface area contributed by atoms with Gasteiger partial charge < -0.3 is 4.74 Å². The Labute approximate surface area is 86.1 Å². The second kappa shape index (κ2) is 4.14. The maximum absolute atomic E-state index is 5.31. The molecule has 1 saturated heterocycles. The molecule has 0 amide bonds. The van der Waals surface area contributed by atoms with Gasteiger partial charge in [0, 0.05) is 0 Å². The Balaban J connectivity index is 2.09. The lowest BCUT2D eigenvalue weighted by atomic mass is 9.85. The van der Waals surface area contributed by atoms with Crippen LogP contribution in [-0.2, 0) is 4.74 Å². The molecule has 14 heavy (non-hydrogen) atoms. The molecule has 2 rings (SSSR count). The van der Waals surface area contributed by atoms with Crippen LogP contribution in [0.1, 0.15) is 31.7 Å². The van der Waals surface area contributed by atoms with E-state index in [2.05, 4.69) is 44.2 Å². The summed E-state index contributed by atoms with van der Waals surface area (Å²) in [6.07, 6.45) is 1.71. The summed E-state index contributed by atoms with van der Waals surface area (Å²) in [5, 5.41) is 0. The molecule has 1 nitrogen and oxygen atoms in total. The van der Waals surface area contributed by atoms with E-state index in [4.69, 9.17) is 4.74 Å². The summed E-state index contributed by atoms with van der Waals surface area (Å²) in [6.45, 7) is 5.55. The van der Waals surface area contributed by atoms with Crippen molar-refractivity contribution in [2.75, 3.05) is 6.61 Å². The molecule has 0 spiro atoms. The minimum Gasteiger partial charge on any atom is -0.373 e. The second-order valence-corrected chi connectivity index (χ2v) is 4.45. The third kappa shape index (κ3) is 2.36. The zero-order valence-corrected chi connectivity index (χ0v) is 8.94. The van der Waals surface area contributed by atoms with Crippen molar-refractivity contribution in [2.24, 2.45) is 5.92 Å². The fourth-order valence-electron chi connectivity index (χ4n) is 1.98. The van der Waals surface area contributed by atoms with Crippen LogP contribution in [0.2, 0.25) is 0 Å². The molecule has 76 valence electrons. The van der Waals surface area contributed by atoms with Gasteiger partial charge in [-0.2, -0.15) is 0 Å². The van der Waals surface area contributed by atoms with Crippen molar-refractivity contribution >= 4 is 0 Å². The van der Waals surface area contributed by atoms with Gasteiger partial charge >= 0.3 is 0 Å². The minimum absolute atomic E-state index is 0.530. The van der Waals surface area contributed by atoms with Crippen molar-refractivity contribution in [1.29, 1.82) is 0 Å². The van der Waals surface area contributed by atoms with E-state index in [1.165, 1.54) is 12.0 Å². The van der Waals surface area contributed by atoms with Crippen LogP contribution in [0.15, 0.2) is 30.3 Å². The summed E-state index contributed by atoms with van der Waals surface area (Å²) in [5.74, 6) is 1.35. The molecule has 1 aliphatic rings. The Kier molecular flexibility index (Phi) is 2.87. The number of epoxide rings is 1. The second-order valence-electron chi connectivity index (χ2n) is 4.45. The highest BCUT2D eigenvalue weighted by Crippen LogP contribution is 2.32. The van der Waals surface area contributed by atoms with Crippen LogP contribution in [0.3, 0.4) is 0 Å². The minimum atomic E-state index is 0.530. The van der Waals surface area contributed by atoms with Crippen LogP contribution in [-0.4, -0.2) is 12.7 Å². The number of benzene rings is 1. The average molecular weight is 190 g/mol. The van der Waals surface area contributed by atoms with Crippen LogP contribution >= 0.6 is 0 Å². The Hall–Kier alpha value is -0.820. The fourth-order valence-corrected chi connectivity index (χ4v) is 1.98. The molecule has 0 aliphatic carbocycles. The lowest BCUT2D eigenvalue weighted by Crippen LogP contribution is -2.09. The molecule has 1 aromatic carbocycles. The molecule has 0 bridgehead atoms. The van der Waals surface area contributed by atoms with Crippen LogP contribution in [0.4, 0.5) is 0 Å². The Morgan fingerprint density at radius 2 is 1.93 bits per heavy atom. The SMILES string of the molecule is CC(C)C(CC1CO1)c1ccccc1. The molecular formula is C13H18O. The summed E-state index contributed by atoms with van der Waals surface area (Å²) in [6, 6.07) is 10.8. The topological polar surface area (TPSA) is 12.5 Å². The first kappa shape index (κ1) is 9.72. The lowest BCUT2D eigenvalue weighted by molar-refractivity contribution is 0.354. The average Bonchev–Trinajstić information content (AvgIpc) is 2.99. The first-order valence-corrected chi connectivity index (χ1v) is 5.44.